The lowest BCUT2D eigenvalue weighted by atomic mass is 9.91. The van der Waals surface area contributed by atoms with E-state index in [4.69, 9.17) is 10.5 Å². The number of carbonyl (C=O) groups is 1. The third kappa shape index (κ3) is 3.68. The number of fused-ring (bicyclic) bond motifs is 1. The first-order chi connectivity index (χ1) is 15.1. The Kier molecular flexibility index (Phi) is 4.95. The van der Waals surface area contributed by atoms with Gasteiger partial charge in [-0.1, -0.05) is 18.2 Å². The van der Waals surface area contributed by atoms with Crippen LogP contribution in [0.5, 0.6) is 11.5 Å². The summed E-state index contributed by atoms with van der Waals surface area (Å²) in [4.78, 5) is 18.1. The van der Waals surface area contributed by atoms with Crippen LogP contribution in [-0.4, -0.2) is 45.5 Å². The Morgan fingerprint density at radius 3 is 2.42 bits per heavy atom. The number of ether oxygens (including phenoxy) is 1. The molecule has 1 aliphatic heterocycles. The van der Waals surface area contributed by atoms with Crippen molar-refractivity contribution in [3.63, 3.8) is 0 Å². The smallest absolute Gasteiger partial charge is 0.269 e. The minimum absolute atomic E-state index is 0.367. The Morgan fingerprint density at radius 1 is 1.06 bits per heavy atom. The van der Waals surface area contributed by atoms with Crippen LogP contribution in [0.2, 0.25) is 0 Å². The van der Waals surface area contributed by atoms with E-state index in [-0.39, 0.29) is 0 Å². The van der Waals surface area contributed by atoms with E-state index in [1.54, 1.807) is 4.52 Å². The van der Waals surface area contributed by atoms with Crippen molar-refractivity contribution in [1.29, 1.82) is 0 Å². The maximum atomic E-state index is 12.3. The van der Waals surface area contributed by atoms with Gasteiger partial charge < -0.3 is 20.4 Å². The largest absolute Gasteiger partial charge is 0.457 e. The van der Waals surface area contributed by atoms with Gasteiger partial charge in [0.05, 0.1) is 11.9 Å². The van der Waals surface area contributed by atoms with Crippen LogP contribution in [0.1, 0.15) is 34.8 Å². The standard InChI is InChI=1S/C24H25N5O2/c1-28-13-11-16(12-14-28)20-15-26-29-22(23(25)30)21(27-24(20)29)17-7-9-19(10-8-17)31-18-5-3-2-4-6-18/h2-10,15-16,27H,11-14H2,1H3,(H2,25,30). The Labute approximate surface area is 180 Å². The summed E-state index contributed by atoms with van der Waals surface area (Å²) in [5.74, 6) is 1.40. The topological polar surface area (TPSA) is 88.7 Å². The van der Waals surface area contributed by atoms with Gasteiger partial charge in [-0.15, -0.1) is 0 Å². The van der Waals surface area contributed by atoms with Crippen molar-refractivity contribution in [1.82, 2.24) is 19.5 Å². The summed E-state index contributed by atoms with van der Waals surface area (Å²) in [5.41, 5.74) is 9.64. The van der Waals surface area contributed by atoms with Crippen LogP contribution >= 0.6 is 0 Å². The molecule has 2 aromatic carbocycles. The van der Waals surface area contributed by atoms with Gasteiger partial charge >= 0.3 is 0 Å². The van der Waals surface area contributed by atoms with E-state index in [2.05, 4.69) is 22.0 Å². The third-order valence-electron chi connectivity index (χ3n) is 6.00. The minimum atomic E-state index is -0.510. The molecule has 0 spiro atoms. The summed E-state index contributed by atoms with van der Waals surface area (Å²) >= 11 is 0. The number of carbonyl (C=O) groups excluding carboxylic acids is 1. The number of H-pyrrole nitrogens is 1. The lowest BCUT2D eigenvalue weighted by Gasteiger charge is -2.28. The van der Waals surface area contributed by atoms with E-state index in [0.29, 0.717) is 17.3 Å². The second-order valence-electron chi connectivity index (χ2n) is 8.09. The van der Waals surface area contributed by atoms with Crippen molar-refractivity contribution in [2.45, 2.75) is 18.8 Å². The van der Waals surface area contributed by atoms with Gasteiger partial charge in [-0.3, -0.25) is 4.79 Å². The number of nitrogens with two attached hydrogens (primary N) is 1. The minimum Gasteiger partial charge on any atom is -0.457 e. The van der Waals surface area contributed by atoms with Gasteiger partial charge in [-0.25, -0.2) is 4.52 Å². The van der Waals surface area contributed by atoms with Crippen molar-refractivity contribution in [3.05, 3.63) is 72.1 Å². The zero-order chi connectivity index (χ0) is 21.4. The van der Waals surface area contributed by atoms with Gasteiger partial charge in [0.1, 0.15) is 17.1 Å². The average Bonchev–Trinajstić information content (AvgIpc) is 3.35. The Hall–Kier alpha value is -3.58. The van der Waals surface area contributed by atoms with Crippen LogP contribution in [0, 0.1) is 0 Å². The molecule has 3 heterocycles. The predicted molar refractivity (Wildman–Crippen MR) is 119 cm³/mol. The van der Waals surface area contributed by atoms with Crippen LogP contribution in [-0.2, 0) is 0 Å². The van der Waals surface area contributed by atoms with Crippen LogP contribution in [0.4, 0.5) is 0 Å². The molecule has 1 fully saturated rings. The van der Waals surface area contributed by atoms with Crippen LogP contribution in [0.3, 0.4) is 0 Å². The van der Waals surface area contributed by atoms with E-state index in [9.17, 15) is 4.79 Å². The highest BCUT2D eigenvalue weighted by Crippen LogP contribution is 2.34. The highest BCUT2D eigenvalue weighted by atomic mass is 16.5. The maximum absolute atomic E-state index is 12.3. The normalized spacial score (nSPS) is 15.4. The third-order valence-corrected chi connectivity index (χ3v) is 6.00. The number of para-hydroxylation sites is 1. The molecule has 5 rings (SSSR count). The zero-order valence-electron chi connectivity index (χ0n) is 17.4. The number of hydrogen-bond acceptors (Lipinski definition) is 4. The van der Waals surface area contributed by atoms with Gasteiger partial charge in [-0.2, -0.15) is 5.10 Å². The van der Waals surface area contributed by atoms with Gasteiger partial charge in [0.15, 0.2) is 5.69 Å². The fraction of sp³-hybridized carbons (Fsp3) is 0.250. The number of aromatic amines is 1. The monoisotopic (exact) mass is 415 g/mol. The molecule has 1 saturated heterocycles. The van der Waals surface area contributed by atoms with E-state index >= 15 is 0 Å². The van der Waals surface area contributed by atoms with Crippen molar-refractivity contribution >= 4 is 11.6 Å². The lowest BCUT2D eigenvalue weighted by Crippen LogP contribution is -2.29. The van der Waals surface area contributed by atoms with Gasteiger partial charge in [-0.05, 0) is 75.3 Å². The predicted octanol–water partition coefficient (Wildman–Crippen LogP) is 4.03. The molecular formula is C24H25N5O2. The summed E-state index contributed by atoms with van der Waals surface area (Å²) < 4.78 is 7.53. The molecule has 7 heteroatoms. The highest BCUT2D eigenvalue weighted by molar-refractivity contribution is 5.98. The fourth-order valence-electron chi connectivity index (χ4n) is 4.31. The van der Waals surface area contributed by atoms with Crippen molar-refractivity contribution < 1.29 is 9.53 Å². The van der Waals surface area contributed by atoms with Crippen LogP contribution in [0.15, 0.2) is 60.8 Å². The molecule has 0 bridgehead atoms. The second kappa shape index (κ2) is 7.92. The highest BCUT2D eigenvalue weighted by Gasteiger charge is 2.26. The summed E-state index contributed by atoms with van der Waals surface area (Å²) in [5, 5.41) is 4.50. The maximum Gasteiger partial charge on any atom is 0.269 e. The number of hydrogen-bond donors (Lipinski definition) is 2. The molecule has 1 aliphatic rings. The fourth-order valence-corrected chi connectivity index (χ4v) is 4.31. The molecular weight excluding hydrogens is 390 g/mol. The first-order valence-corrected chi connectivity index (χ1v) is 10.5. The molecule has 3 N–H and O–H groups in total. The number of nitrogens with zero attached hydrogens (tertiary/aromatic N) is 3. The van der Waals surface area contributed by atoms with E-state index in [0.717, 1.165) is 54.2 Å². The molecule has 0 radical (unpaired) electrons. The Morgan fingerprint density at radius 2 is 1.74 bits per heavy atom. The molecule has 7 nitrogen and oxygen atoms in total. The number of primary amides is 1. The molecule has 2 aromatic heterocycles. The van der Waals surface area contributed by atoms with Gasteiger partial charge in [0.25, 0.3) is 5.91 Å². The average molecular weight is 415 g/mol. The molecule has 158 valence electrons. The molecule has 0 saturated carbocycles. The van der Waals surface area contributed by atoms with Gasteiger partial charge in [0.2, 0.25) is 0 Å². The Bertz CT molecular complexity index is 1200. The lowest BCUT2D eigenvalue weighted by molar-refractivity contribution is 0.0994. The first kappa shape index (κ1) is 19.4. The number of benzene rings is 2. The van der Waals surface area contributed by atoms with Gasteiger partial charge in [0, 0.05) is 11.1 Å². The van der Waals surface area contributed by atoms with Crippen molar-refractivity contribution in [2.24, 2.45) is 5.73 Å². The molecule has 0 unspecified atom stereocenters. The number of nitrogens with one attached hydrogen (secondary N) is 1. The number of amides is 1. The zero-order valence-corrected chi connectivity index (χ0v) is 17.4. The second-order valence-corrected chi connectivity index (χ2v) is 8.09. The quantitative estimate of drug-likeness (QED) is 0.515. The molecule has 0 aliphatic carbocycles. The summed E-state index contributed by atoms with van der Waals surface area (Å²) in [6.45, 7) is 2.11. The first-order valence-electron chi connectivity index (χ1n) is 10.5. The number of piperidine rings is 1. The summed E-state index contributed by atoms with van der Waals surface area (Å²) in [7, 11) is 2.15. The van der Waals surface area contributed by atoms with Crippen LogP contribution in [0.25, 0.3) is 16.9 Å². The summed E-state index contributed by atoms with van der Waals surface area (Å²) in [6.07, 6.45) is 4.02. The number of likely N-dealkylation sites (tertiary alicyclic amines) is 1. The molecule has 1 amide bonds. The van der Waals surface area contributed by atoms with E-state index in [1.165, 1.54) is 0 Å². The van der Waals surface area contributed by atoms with E-state index in [1.807, 2.05) is 60.8 Å². The van der Waals surface area contributed by atoms with Crippen molar-refractivity contribution in [3.8, 4) is 22.8 Å². The summed E-state index contributed by atoms with van der Waals surface area (Å²) in [6, 6.07) is 17.2. The number of aromatic nitrogens is 3. The van der Waals surface area contributed by atoms with E-state index < -0.39 is 5.91 Å². The van der Waals surface area contributed by atoms with Crippen LogP contribution < -0.4 is 10.5 Å². The number of imidazole rings is 1. The van der Waals surface area contributed by atoms with Crippen molar-refractivity contribution in [2.75, 3.05) is 20.1 Å². The SMILES string of the molecule is CN1CCC(c2cnn3c(C(N)=O)c(-c4ccc(Oc5ccccc5)cc4)[nH]c23)CC1. The molecule has 31 heavy (non-hydrogen) atoms. The molecule has 4 aromatic rings. The molecule has 0 atom stereocenters. The Balaban J connectivity index is 1.49. The number of rotatable bonds is 5.